The monoisotopic (exact) mass is 332 g/mol. The van der Waals surface area contributed by atoms with Gasteiger partial charge in [0.2, 0.25) is 0 Å². The zero-order valence-electron chi connectivity index (χ0n) is 9.37. The molecule has 2 aromatic rings. The molecule has 0 nitrogen and oxygen atoms in total. The van der Waals surface area contributed by atoms with Crippen LogP contribution in [0.1, 0.15) is 18.9 Å². The Morgan fingerprint density at radius 2 is 1.44 bits per heavy atom. The molecule has 3 heteroatoms. The third kappa shape index (κ3) is 10.7. The van der Waals surface area contributed by atoms with Crippen molar-refractivity contribution in [3.63, 3.8) is 0 Å². The van der Waals surface area contributed by atoms with Gasteiger partial charge in [-0.1, -0.05) is 19.8 Å². The Morgan fingerprint density at radius 1 is 0.938 bits per heavy atom. The topological polar surface area (TPSA) is 0 Å². The molecule has 0 saturated carbocycles. The largest absolute Gasteiger partial charge is 4.00 e. The average Bonchev–Trinajstić information content (AvgIpc) is 2.79. The van der Waals surface area contributed by atoms with E-state index in [-0.39, 0.29) is 51.0 Å². The van der Waals surface area contributed by atoms with E-state index < -0.39 is 0 Å². The number of hydrogen-bond donors (Lipinski definition) is 0. The molecule has 0 aliphatic rings. The maximum absolute atomic E-state index is 2.20. The molecule has 0 aromatic heterocycles. The molecule has 2 rings (SSSR count). The predicted octanol–water partition coefficient (Wildman–Crippen LogP) is -2.23. The molecular weight excluding hydrogens is 318 g/mol. The van der Waals surface area contributed by atoms with Crippen LogP contribution in [-0.2, 0) is 32.6 Å². The first-order chi connectivity index (χ1) is 6.43. The van der Waals surface area contributed by atoms with Crippen LogP contribution in [0.15, 0.2) is 54.6 Å². The first kappa shape index (κ1) is 21.4. The van der Waals surface area contributed by atoms with Gasteiger partial charge in [-0.15, -0.1) is 0 Å². The van der Waals surface area contributed by atoms with Crippen molar-refractivity contribution >= 4 is 0 Å². The van der Waals surface area contributed by atoms with Crippen LogP contribution in [0.3, 0.4) is 0 Å². The third-order valence-corrected chi connectivity index (χ3v) is 1.83. The zero-order chi connectivity index (χ0) is 9.36. The van der Waals surface area contributed by atoms with E-state index in [4.69, 9.17) is 0 Å². The van der Waals surface area contributed by atoms with Crippen LogP contribution in [0, 0.1) is 0 Å². The van der Waals surface area contributed by atoms with Gasteiger partial charge in [0.05, 0.1) is 0 Å². The van der Waals surface area contributed by atoms with E-state index in [2.05, 4.69) is 31.2 Å². The summed E-state index contributed by atoms with van der Waals surface area (Å²) in [4.78, 5) is 0. The fourth-order valence-electron chi connectivity index (χ4n) is 1.19. The van der Waals surface area contributed by atoms with E-state index in [1.165, 1.54) is 18.4 Å². The Morgan fingerprint density at radius 3 is 1.75 bits per heavy atom. The van der Waals surface area contributed by atoms with Gasteiger partial charge in [-0.3, -0.25) is 0 Å². The van der Waals surface area contributed by atoms with Crippen molar-refractivity contribution in [2.75, 3.05) is 0 Å². The summed E-state index contributed by atoms with van der Waals surface area (Å²) in [6.07, 6.45) is 2.48. The second-order valence-corrected chi connectivity index (χ2v) is 3.01. The molecule has 2 aromatic carbocycles. The summed E-state index contributed by atoms with van der Waals surface area (Å²) in [6.45, 7) is 2.20. The van der Waals surface area contributed by atoms with Gasteiger partial charge in [0.1, 0.15) is 0 Å². The van der Waals surface area contributed by atoms with Gasteiger partial charge in [0.15, 0.2) is 0 Å². The first-order valence-corrected chi connectivity index (χ1v) is 4.80. The standard InChI is InChI=1S/C8H11.C5H5.2ClH.Zr/c1-2-5-8-6-3-4-7-8;1-2-4-5-3-1;;;/h3-4,6-7H,2,5H2,1H3;1-5H;2*1H;/q2*-1;;;+4/p-2. The van der Waals surface area contributed by atoms with Gasteiger partial charge in [0.25, 0.3) is 0 Å². The fraction of sp³-hybridized carbons (Fsp3) is 0.231. The Bertz CT molecular complexity index is 258. The zero-order valence-corrected chi connectivity index (χ0v) is 13.3. The van der Waals surface area contributed by atoms with Gasteiger partial charge in [0, 0.05) is 0 Å². The quantitative estimate of drug-likeness (QED) is 0.546. The Kier molecular flexibility index (Phi) is 20.3. The van der Waals surface area contributed by atoms with Gasteiger partial charge >= 0.3 is 26.2 Å². The molecule has 86 valence electrons. The van der Waals surface area contributed by atoms with Crippen LogP contribution >= 0.6 is 0 Å². The summed E-state index contributed by atoms with van der Waals surface area (Å²) in [6, 6.07) is 18.5. The van der Waals surface area contributed by atoms with Gasteiger partial charge in [-0.25, -0.2) is 24.3 Å². The molecule has 0 saturated heterocycles. The average molecular weight is 334 g/mol. The van der Waals surface area contributed by atoms with Crippen molar-refractivity contribution in [3.05, 3.63) is 60.2 Å². The van der Waals surface area contributed by atoms with E-state index in [1.807, 2.05) is 30.3 Å². The third-order valence-electron chi connectivity index (χ3n) is 1.83. The van der Waals surface area contributed by atoms with Crippen molar-refractivity contribution < 1.29 is 51.0 Å². The SMILES string of the molecule is CCC[c-]1cccc1.[Cl-].[Cl-].[Zr+4].c1cc[cH-]c1. The van der Waals surface area contributed by atoms with Crippen LogP contribution in [0.5, 0.6) is 0 Å². The summed E-state index contributed by atoms with van der Waals surface area (Å²) >= 11 is 0. The molecular formula is C13H16Cl2Zr. The van der Waals surface area contributed by atoms with Gasteiger partial charge in [-0.05, 0) is 0 Å². The van der Waals surface area contributed by atoms with Crippen LogP contribution in [0.25, 0.3) is 0 Å². The van der Waals surface area contributed by atoms with Gasteiger partial charge < -0.3 is 24.8 Å². The second kappa shape index (κ2) is 15.2. The Hall–Kier alpha value is 0.163. The van der Waals surface area contributed by atoms with Crippen molar-refractivity contribution in [1.82, 2.24) is 0 Å². The predicted molar refractivity (Wildman–Crippen MR) is 58.1 cm³/mol. The van der Waals surface area contributed by atoms with E-state index in [0.717, 1.165) is 0 Å². The molecule has 0 atom stereocenters. The molecule has 0 radical (unpaired) electrons. The van der Waals surface area contributed by atoms with Crippen LogP contribution < -0.4 is 24.8 Å². The first-order valence-electron chi connectivity index (χ1n) is 4.80. The van der Waals surface area contributed by atoms with E-state index >= 15 is 0 Å². The molecule has 0 bridgehead atoms. The second-order valence-electron chi connectivity index (χ2n) is 3.01. The number of hydrogen-bond acceptors (Lipinski definition) is 0. The Labute approximate surface area is 130 Å². The minimum Gasteiger partial charge on any atom is -1.00 e. The van der Waals surface area contributed by atoms with Crippen molar-refractivity contribution in [1.29, 1.82) is 0 Å². The molecule has 0 heterocycles. The number of halogens is 2. The number of rotatable bonds is 2. The minimum atomic E-state index is 0. The molecule has 0 aliphatic heterocycles. The minimum absolute atomic E-state index is 0. The maximum atomic E-state index is 2.20. The summed E-state index contributed by atoms with van der Waals surface area (Å²) in [5, 5.41) is 0. The number of aryl methyl sites for hydroxylation is 1. The van der Waals surface area contributed by atoms with Crippen LogP contribution in [0.2, 0.25) is 0 Å². The summed E-state index contributed by atoms with van der Waals surface area (Å²) < 4.78 is 0. The summed E-state index contributed by atoms with van der Waals surface area (Å²) in [7, 11) is 0. The smallest absolute Gasteiger partial charge is 1.00 e. The van der Waals surface area contributed by atoms with Crippen molar-refractivity contribution in [2.24, 2.45) is 0 Å². The molecule has 0 fully saturated rings. The molecule has 0 N–H and O–H groups in total. The fourth-order valence-corrected chi connectivity index (χ4v) is 1.19. The van der Waals surface area contributed by atoms with E-state index in [0.29, 0.717) is 0 Å². The Balaban J connectivity index is -0.000000189. The molecule has 16 heavy (non-hydrogen) atoms. The molecule has 0 unspecified atom stereocenters. The maximum Gasteiger partial charge on any atom is 4.00 e. The van der Waals surface area contributed by atoms with Crippen LogP contribution in [-0.4, -0.2) is 0 Å². The molecule has 0 aliphatic carbocycles. The van der Waals surface area contributed by atoms with Crippen molar-refractivity contribution in [2.45, 2.75) is 19.8 Å². The molecule has 0 amide bonds. The summed E-state index contributed by atoms with van der Waals surface area (Å²) in [5.41, 5.74) is 1.47. The normalized spacial score (nSPS) is 7.31. The molecule has 0 spiro atoms. The van der Waals surface area contributed by atoms with Gasteiger partial charge in [-0.2, -0.15) is 35.9 Å². The summed E-state index contributed by atoms with van der Waals surface area (Å²) in [5.74, 6) is 0. The van der Waals surface area contributed by atoms with Crippen molar-refractivity contribution in [3.8, 4) is 0 Å². The van der Waals surface area contributed by atoms with Crippen LogP contribution in [0.4, 0.5) is 0 Å². The van der Waals surface area contributed by atoms with E-state index in [9.17, 15) is 0 Å². The van der Waals surface area contributed by atoms with E-state index in [1.54, 1.807) is 0 Å².